The standard InChI is InChI=1S/C21H19FN2O2/c1-14(15-3-6-18(22)7-4-15)24-21(25)19-8-5-17(13-20(19)26-2)16-9-11-23-12-10-16/h3-14H,1-2H3,(H,24,25)/t14-/m1/s1. The SMILES string of the molecule is COc1cc(-c2ccncc2)ccc1C(=O)N[C@H](C)c1ccc(F)cc1. The predicted octanol–water partition coefficient (Wildman–Crippen LogP) is 4.39. The van der Waals surface area contributed by atoms with E-state index in [1.807, 2.05) is 31.2 Å². The molecule has 3 aromatic rings. The first-order valence-corrected chi connectivity index (χ1v) is 8.23. The van der Waals surface area contributed by atoms with Crippen molar-refractivity contribution < 1.29 is 13.9 Å². The maximum atomic E-state index is 13.0. The van der Waals surface area contributed by atoms with Crippen LogP contribution in [0.25, 0.3) is 11.1 Å². The van der Waals surface area contributed by atoms with Crippen molar-refractivity contribution in [3.05, 3.63) is 83.9 Å². The smallest absolute Gasteiger partial charge is 0.255 e. The molecule has 2 aromatic carbocycles. The van der Waals surface area contributed by atoms with E-state index >= 15 is 0 Å². The third kappa shape index (κ3) is 3.88. The van der Waals surface area contributed by atoms with Gasteiger partial charge in [0, 0.05) is 12.4 Å². The van der Waals surface area contributed by atoms with Crippen LogP contribution in [0.4, 0.5) is 4.39 Å². The van der Waals surface area contributed by atoms with Gasteiger partial charge >= 0.3 is 0 Å². The second-order valence-electron chi connectivity index (χ2n) is 5.90. The number of aromatic nitrogens is 1. The van der Waals surface area contributed by atoms with Gasteiger partial charge in [0.2, 0.25) is 0 Å². The van der Waals surface area contributed by atoms with E-state index in [1.54, 1.807) is 30.6 Å². The summed E-state index contributed by atoms with van der Waals surface area (Å²) in [4.78, 5) is 16.7. The number of amides is 1. The molecule has 0 fully saturated rings. The molecule has 0 aliphatic rings. The highest BCUT2D eigenvalue weighted by Crippen LogP contribution is 2.27. The van der Waals surface area contributed by atoms with Crippen molar-refractivity contribution in [1.29, 1.82) is 0 Å². The summed E-state index contributed by atoms with van der Waals surface area (Å²) in [6.45, 7) is 1.85. The zero-order chi connectivity index (χ0) is 18.5. The van der Waals surface area contributed by atoms with E-state index in [9.17, 15) is 9.18 Å². The Hall–Kier alpha value is -3.21. The lowest BCUT2D eigenvalue weighted by Gasteiger charge is -2.16. The number of rotatable bonds is 5. The molecule has 5 heteroatoms. The van der Waals surface area contributed by atoms with Crippen LogP contribution in [-0.4, -0.2) is 18.0 Å². The molecule has 0 radical (unpaired) electrons. The van der Waals surface area contributed by atoms with Gasteiger partial charge in [0.05, 0.1) is 18.7 Å². The summed E-state index contributed by atoms with van der Waals surface area (Å²) in [6.07, 6.45) is 3.43. The predicted molar refractivity (Wildman–Crippen MR) is 98.5 cm³/mol. The van der Waals surface area contributed by atoms with E-state index in [4.69, 9.17) is 4.74 Å². The van der Waals surface area contributed by atoms with Crippen molar-refractivity contribution in [3.63, 3.8) is 0 Å². The first-order chi connectivity index (χ1) is 12.6. The van der Waals surface area contributed by atoms with Crippen LogP contribution in [0, 0.1) is 5.82 Å². The summed E-state index contributed by atoms with van der Waals surface area (Å²) in [7, 11) is 1.53. The second kappa shape index (κ2) is 7.78. The minimum atomic E-state index is -0.305. The van der Waals surface area contributed by atoms with Crippen molar-refractivity contribution in [2.45, 2.75) is 13.0 Å². The van der Waals surface area contributed by atoms with Crippen molar-refractivity contribution in [2.24, 2.45) is 0 Å². The topological polar surface area (TPSA) is 51.2 Å². The number of halogens is 1. The van der Waals surface area contributed by atoms with Crippen LogP contribution in [0.5, 0.6) is 5.75 Å². The lowest BCUT2D eigenvalue weighted by molar-refractivity contribution is 0.0937. The fourth-order valence-corrected chi connectivity index (χ4v) is 2.71. The molecule has 132 valence electrons. The molecule has 1 amide bonds. The van der Waals surface area contributed by atoms with Crippen molar-refractivity contribution in [2.75, 3.05) is 7.11 Å². The van der Waals surface area contributed by atoms with Gasteiger partial charge in [-0.05, 0) is 60.0 Å². The van der Waals surface area contributed by atoms with Gasteiger partial charge in [0.25, 0.3) is 5.91 Å². The van der Waals surface area contributed by atoms with Crippen molar-refractivity contribution in [1.82, 2.24) is 10.3 Å². The Labute approximate surface area is 151 Å². The van der Waals surface area contributed by atoms with Crippen LogP contribution in [0.2, 0.25) is 0 Å². The van der Waals surface area contributed by atoms with Gasteiger partial charge in [-0.25, -0.2) is 4.39 Å². The quantitative estimate of drug-likeness (QED) is 0.743. The monoisotopic (exact) mass is 350 g/mol. The highest BCUT2D eigenvalue weighted by molar-refractivity contribution is 5.97. The van der Waals surface area contributed by atoms with Crippen LogP contribution in [0.1, 0.15) is 28.9 Å². The number of carbonyl (C=O) groups excluding carboxylic acids is 1. The number of carbonyl (C=O) groups is 1. The zero-order valence-corrected chi connectivity index (χ0v) is 14.6. The molecular formula is C21H19FN2O2. The largest absolute Gasteiger partial charge is 0.496 e. The van der Waals surface area contributed by atoms with Crippen LogP contribution in [0.15, 0.2) is 67.0 Å². The first kappa shape index (κ1) is 17.6. The van der Waals surface area contributed by atoms with Gasteiger partial charge in [-0.2, -0.15) is 0 Å². The number of hydrogen-bond acceptors (Lipinski definition) is 3. The van der Waals surface area contributed by atoms with Gasteiger partial charge < -0.3 is 10.1 Å². The summed E-state index contributed by atoms with van der Waals surface area (Å²) < 4.78 is 18.5. The number of nitrogens with zero attached hydrogens (tertiary/aromatic N) is 1. The van der Waals surface area contributed by atoms with Gasteiger partial charge in [-0.1, -0.05) is 18.2 Å². The Morgan fingerprint density at radius 1 is 1.04 bits per heavy atom. The van der Waals surface area contributed by atoms with E-state index in [0.29, 0.717) is 11.3 Å². The van der Waals surface area contributed by atoms with E-state index in [1.165, 1.54) is 19.2 Å². The molecule has 1 atom stereocenters. The van der Waals surface area contributed by atoms with E-state index in [2.05, 4.69) is 10.3 Å². The van der Waals surface area contributed by atoms with Crippen LogP contribution in [-0.2, 0) is 0 Å². The molecule has 0 aliphatic carbocycles. The van der Waals surface area contributed by atoms with Gasteiger partial charge in [-0.3, -0.25) is 9.78 Å². The lowest BCUT2D eigenvalue weighted by Crippen LogP contribution is -2.27. The van der Waals surface area contributed by atoms with E-state index < -0.39 is 0 Å². The number of methoxy groups -OCH3 is 1. The maximum absolute atomic E-state index is 13.0. The lowest BCUT2D eigenvalue weighted by atomic mass is 10.0. The van der Waals surface area contributed by atoms with Gasteiger partial charge in [0.15, 0.2) is 0 Å². The number of hydrogen-bond donors (Lipinski definition) is 1. The first-order valence-electron chi connectivity index (χ1n) is 8.23. The fourth-order valence-electron chi connectivity index (χ4n) is 2.71. The normalized spacial score (nSPS) is 11.7. The molecule has 0 saturated heterocycles. The Balaban J connectivity index is 1.81. The third-order valence-electron chi connectivity index (χ3n) is 4.18. The van der Waals surface area contributed by atoms with Crippen LogP contribution in [0.3, 0.4) is 0 Å². The highest BCUT2D eigenvalue weighted by atomic mass is 19.1. The molecule has 1 heterocycles. The molecule has 26 heavy (non-hydrogen) atoms. The average Bonchev–Trinajstić information content (AvgIpc) is 2.68. The Morgan fingerprint density at radius 2 is 1.73 bits per heavy atom. The van der Waals surface area contributed by atoms with Gasteiger partial charge in [0.1, 0.15) is 11.6 Å². The molecule has 0 aliphatic heterocycles. The van der Waals surface area contributed by atoms with Crippen LogP contribution >= 0.6 is 0 Å². The summed E-state index contributed by atoms with van der Waals surface area (Å²) in [5.74, 6) is -0.0660. The van der Waals surface area contributed by atoms with Crippen molar-refractivity contribution >= 4 is 5.91 Å². The molecule has 1 N–H and O–H groups in total. The van der Waals surface area contributed by atoms with Gasteiger partial charge in [-0.15, -0.1) is 0 Å². The number of ether oxygens (including phenoxy) is 1. The summed E-state index contributed by atoms with van der Waals surface area (Å²) in [5.41, 5.74) is 3.20. The molecule has 3 rings (SSSR count). The Morgan fingerprint density at radius 3 is 2.38 bits per heavy atom. The summed E-state index contributed by atoms with van der Waals surface area (Å²) >= 11 is 0. The number of benzene rings is 2. The molecule has 0 spiro atoms. The van der Waals surface area contributed by atoms with Crippen molar-refractivity contribution in [3.8, 4) is 16.9 Å². The maximum Gasteiger partial charge on any atom is 0.255 e. The molecule has 4 nitrogen and oxygen atoms in total. The molecular weight excluding hydrogens is 331 g/mol. The molecule has 0 bridgehead atoms. The zero-order valence-electron chi connectivity index (χ0n) is 14.6. The summed E-state index contributed by atoms with van der Waals surface area (Å²) in [5, 5.41) is 2.91. The molecule has 0 unspecified atom stereocenters. The summed E-state index contributed by atoms with van der Waals surface area (Å²) in [6, 6.07) is 15.0. The number of nitrogens with one attached hydrogen (secondary N) is 1. The Bertz CT molecular complexity index is 896. The van der Waals surface area contributed by atoms with E-state index in [0.717, 1.165) is 16.7 Å². The minimum absolute atomic E-state index is 0.250. The minimum Gasteiger partial charge on any atom is -0.496 e. The van der Waals surface area contributed by atoms with E-state index in [-0.39, 0.29) is 17.8 Å². The van der Waals surface area contributed by atoms with Crippen LogP contribution < -0.4 is 10.1 Å². The fraction of sp³-hybridized carbons (Fsp3) is 0.143. The number of pyridine rings is 1. The molecule has 0 saturated carbocycles. The average molecular weight is 350 g/mol. The third-order valence-corrected chi connectivity index (χ3v) is 4.18. The molecule has 1 aromatic heterocycles. The second-order valence-corrected chi connectivity index (χ2v) is 5.90. The Kier molecular flexibility index (Phi) is 5.27. The highest BCUT2D eigenvalue weighted by Gasteiger charge is 2.16.